The number of aromatic nitrogens is 2. The molecule has 38 heavy (non-hydrogen) atoms. The highest BCUT2D eigenvalue weighted by molar-refractivity contribution is 5.91. The van der Waals surface area contributed by atoms with Crippen LogP contribution in [0.2, 0.25) is 0 Å². The molecular weight excluding hydrogens is 489 g/mol. The number of ether oxygens (including phenoxy) is 4. The summed E-state index contributed by atoms with van der Waals surface area (Å²) in [6.45, 7) is 4.17. The van der Waals surface area contributed by atoms with Crippen molar-refractivity contribution in [2.24, 2.45) is 5.92 Å². The summed E-state index contributed by atoms with van der Waals surface area (Å²) in [6.07, 6.45) is 5.60. The summed E-state index contributed by atoms with van der Waals surface area (Å²) in [7, 11) is 2.79. The van der Waals surface area contributed by atoms with Crippen molar-refractivity contribution < 1.29 is 28.1 Å². The fourth-order valence-corrected chi connectivity index (χ4v) is 4.68. The van der Waals surface area contributed by atoms with Crippen molar-refractivity contribution >= 4 is 17.3 Å². The molecule has 1 aliphatic rings. The van der Waals surface area contributed by atoms with Crippen molar-refractivity contribution in [3.63, 3.8) is 0 Å². The fourth-order valence-electron chi connectivity index (χ4n) is 4.68. The molecule has 9 heteroatoms. The quantitative estimate of drug-likeness (QED) is 0.291. The number of rotatable bonds is 8. The molecule has 2 aromatic carbocycles. The Morgan fingerprint density at radius 1 is 1.13 bits per heavy atom. The lowest BCUT2D eigenvalue weighted by molar-refractivity contribution is 0.0600. The Hall–Kier alpha value is -4.11. The molecule has 0 aliphatic carbocycles. The summed E-state index contributed by atoms with van der Waals surface area (Å²) in [5.74, 6) is 0.612. The number of imidazole rings is 1. The Bertz CT molecular complexity index is 1460. The van der Waals surface area contributed by atoms with Gasteiger partial charge in [-0.05, 0) is 55.5 Å². The number of hydrogen-bond donors (Lipinski definition) is 1. The van der Waals surface area contributed by atoms with E-state index < -0.39 is 5.82 Å². The van der Waals surface area contributed by atoms with Crippen LogP contribution in [0.3, 0.4) is 0 Å². The highest BCUT2D eigenvalue weighted by atomic mass is 19.1. The van der Waals surface area contributed by atoms with Crippen LogP contribution in [0.4, 0.5) is 10.1 Å². The number of pyridine rings is 1. The zero-order valence-corrected chi connectivity index (χ0v) is 21.6. The number of benzene rings is 2. The van der Waals surface area contributed by atoms with E-state index in [4.69, 9.17) is 23.9 Å². The average Bonchev–Trinajstić information content (AvgIpc) is 3.36. The van der Waals surface area contributed by atoms with E-state index in [-0.39, 0.29) is 11.7 Å². The van der Waals surface area contributed by atoms with Gasteiger partial charge in [-0.1, -0.05) is 6.07 Å². The molecule has 1 fully saturated rings. The number of aryl methyl sites for hydroxylation is 1. The SMILES string of the molecule is COC(=O)c1ccc(-c2cnc3c(NCC4CCOCC4)cc(Oc4ccc(OC)c(F)c4)cn23)cc1C. The Kier molecular flexibility index (Phi) is 7.46. The van der Waals surface area contributed by atoms with Crippen molar-refractivity contribution in [1.82, 2.24) is 9.38 Å². The van der Waals surface area contributed by atoms with E-state index in [9.17, 15) is 9.18 Å². The number of esters is 1. The number of nitrogens with zero attached hydrogens (tertiary/aromatic N) is 2. The minimum absolute atomic E-state index is 0.147. The Morgan fingerprint density at radius 3 is 2.66 bits per heavy atom. The predicted octanol–water partition coefficient (Wildman–Crippen LogP) is 5.87. The summed E-state index contributed by atoms with van der Waals surface area (Å²) >= 11 is 0. The normalized spacial score (nSPS) is 13.9. The maximum atomic E-state index is 14.3. The van der Waals surface area contributed by atoms with Gasteiger partial charge in [0.1, 0.15) is 11.5 Å². The lowest BCUT2D eigenvalue weighted by atomic mass is 10.0. The Labute approximate surface area is 220 Å². The molecule has 0 radical (unpaired) electrons. The number of fused-ring (bicyclic) bond motifs is 1. The van der Waals surface area contributed by atoms with Crippen LogP contribution in [0, 0.1) is 18.7 Å². The summed E-state index contributed by atoms with van der Waals surface area (Å²) < 4.78 is 37.7. The molecule has 198 valence electrons. The smallest absolute Gasteiger partial charge is 0.338 e. The molecule has 0 unspecified atom stereocenters. The topological polar surface area (TPSA) is 83.3 Å². The number of methoxy groups -OCH3 is 2. The van der Waals surface area contributed by atoms with Gasteiger partial charge in [-0.3, -0.25) is 4.40 Å². The molecular formula is C29H30FN3O5. The van der Waals surface area contributed by atoms with E-state index in [0.717, 1.165) is 60.8 Å². The van der Waals surface area contributed by atoms with Crippen LogP contribution < -0.4 is 14.8 Å². The Morgan fingerprint density at radius 2 is 1.95 bits per heavy atom. The third-order valence-corrected chi connectivity index (χ3v) is 6.79. The third-order valence-electron chi connectivity index (χ3n) is 6.79. The summed E-state index contributed by atoms with van der Waals surface area (Å²) in [4.78, 5) is 16.8. The third kappa shape index (κ3) is 5.28. The molecule has 0 saturated carbocycles. The van der Waals surface area contributed by atoms with Gasteiger partial charge in [-0.15, -0.1) is 0 Å². The zero-order chi connectivity index (χ0) is 26.6. The molecule has 1 saturated heterocycles. The maximum absolute atomic E-state index is 14.3. The Balaban J connectivity index is 1.53. The highest BCUT2D eigenvalue weighted by Crippen LogP contribution is 2.33. The van der Waals surface area contributed by atoms with Gasteiger partial charge in [0.2, 0.25) is 0 Å². The molecule has 0 bridgehead atoms. The van der Waals surface area contributed by atoms with E-state index in [1.54, 1.807) is 18.3 Å². The zero-order valence-electron chi connectivity index (χ0n) is 21.6. The molecule has 8 nitrogen and oxygen atoms in total. The largest absolute Gasteiger partial charge is 0.494 e. The van der Waals surface area contributed by atoms with E-state index in [2.05, 4.69) is 5.32 Å². The van der Waals surface area contributed by atoms with E-state index in [1.165, 1.54) is 26.4 Å². The molecule has 4 aromatic rings. The molecule has 0 spiro atoms. The molecule has 5 rings (SSSR count). The van der Waals surface area contributed by atoms with Crippen LogP contribution in [-0.2, 0) is 9.47 Å². The van der Waals surface area contributed by atoms with Crippen molar-refractivity contribution in [1.29, 1.82) is 0 Å². The first kappa shape index (κ1) is 25.5. The van der Waals surface area contributed by atoms with Crippen LogP contribution in [0.25, 0.3) is 16.9 Å². The highest BCUT2D eigenvalue weighted by Gasteiger charge is 2.18. The monoisotopic (exact) mass is 519 g/mol. The van der Waals surface area contributed by atoms with E-state index >= 15 is 0 Å². The molecule has 1 N–H and O–H groups in total. The van der Waals surface area contributed by atoms with Gasteiger partial charge in [-0.25, -0.2) is 14.2 Å². The second kappa shape index (κ2) is 11.1. The number of carbonyl (C=O) groups excluding carboxylic acids is 1. The molecule has 1 aliphatic heterocycles. The van der Waals surface area contributed by atoms with Crippen molar-refractivity contribution in [2.45, 2.75) is 19.8 Å². The molecule has 0 atom stereocenters. The minimum Gasteiger partial charge on any atom is -0.494 e. The van der Waals surface area contributed by atoms with Gasteiger partial charge in [0, 0.05) is 37.5 Å². The molecule has 3 heterocycles. The summed E-state index contributed by atoms with van der Waals surface area (Å²) in [5.41, 5.74) is 4.54. The van der Waals surface area contributed by atoms with Crippen molar-refractivity contribution in [3.8, 4) is 28.5 Å². The summed E-state index contributed by atoms with van der Waals surface area (Å²) in [6, 6.07) is 11.9. The van der Waals surface area contributed by atoms with Crippen molar-refractivity contribution in [3.05, 3.63) is 71.8 Å². The number of hydrogen-bond acceptors (Lipinski definition) is 7. The lowest BCUT2D eigenvalue weighted by Gasteiger charge is -2.23. The lowest BCUT2D eigenvalue weighted by Crippen LogP contribution is -2.22. The minimum atomic E-state index is -0.506. The van der Waals surface area contributed by atoms with E-state index in [0.29, 0.717) is 23.0 Å². The fraction of sp³-hybridized carbons (Fsp3) is 0.310. The van der Waals surface area contributed by atoms with Crippen molar-refractivity contribution in [2.75, 3.05) is 39.3 Å². The number of anilines is 1. The molecule has 0 amide bonds. The first-order valence-corrected chi connectivity index (χ1v) is 12.5. The van der Waals surface area contributed by atoms with Gasteiger partial charge >= 0.3 is 5.97 Å². The number of halogens is 1. The maximum Gasteiger partial charge on any atom is 0.338 e. The van der Waals surface area contributed by atoms with Crippen LogP contribution in [0.1, 0.15) is 28.8 Å². The van der Waals surface area contributed by atoms with E-state index in [1.807, 2.05) is 35.7 Å². The summed E-state index contributed by atoms with van der Waals surface area (Å²) in [5, 5.41) is 3.55. The van der Waals surface area contributed by atoms with Gasteiger partial charge < -0.3 is 24.3 Å². The number of nitrogens with one attached hydrogen (secondary N) is 1. The number of carbonyl (C=O) groups is 1. The van der Waals surface area contributed by atoms with Gasteiger partial charge in [0.15, 0.2) is 17.2 Å². The predicted molar refractivity (Wildman–Crippen MR) is 142 cm³/mol. The van der Waals surface area contributed by atoms with Crippen LogP contribution >= 0.6 is 0 Å². The second-order valence-electron chi connectivity index (χ2n) is 9.28. The van der Waals surface area contributed by atoms with Gasteiger partial charge in [0.05, 0.1) is 43.6 Å². The second-order valence-corrected chi connectivity index (χ2v) is 9.28. The van der Waals surface area contributed by atoms with Crippen LogP contribution in [-0.4, -0.2) is 49.3 Å². The van der Waals surface area contributed by atoms with Gasteiger partial charge in [-0.2, -0.15) is 0 Å². The van der Waals surface area contributed by atoms with Crippen LogP contribution in [0.15, 0.2) is 54.9 Å². The van der Waals surface area contributed by atoms with Gasteiger partial charge in [0.25, 0.3) is 0 Å². The van der Waals surface area contributed by atoms with Crippen LogP contribution in [0.5, 0.6) is 17.2 Å². The first-order chi connectivity index (χ1) is 18.5. The average molecular weight is 520 g/mol. The standard InChI is InChI=1S/C29H30FN3O5/c1-18-12-20(4-6-23(18)29(34)36-3)26-16-32-28-25(31-15-19-8-10-37-11-9-19)14-22(17-33(26)28)38-21-5-7-27(35-2)24(30)13-21/h4-7,12-14,16-17,19,31H,8-11,15H2,1-3H3. The first-order valence-electron chi connectivity index (χ1n) is 12.5. The molecule has 2 aromatic heterocycles.